The van der Waals surface area contributed by atoms with Crippen LogP contribution in [-0.4, -0.2) is 25.3 Å². The first kappa shape index (κ1) is 13.0. The van der Waals surface area contributed by atoms with E-state index in [1.54, 1.807) is 0 Å². The molecule has 0 saturated carbocycles. The zero-order valence-electron chi connectivity index (χ0n) is 10.6. The van der Waals surface area contributed by atoms with Gasteiger partial charge in [0.15, 0.2) is 0 Å². The number of rotatable bonds is 6. The Morgan fingerprint density at radius 2 is 2.13 bits per heavy atom. The maximum Gasteiger partial charge on any atom is 0.0728 e. The maximum atomic E-state index is 5.88. The lowest BCUT2D eigenvalue weighted by molar-refractivity contribution is -0.0119. The number of hydrogen-bond acceptors (Lipinski definition) is 2. The second-order valence-corrected chi connectivity index (χ2v) is 4.82. The van der Waals surface area contributed by atoms with Crippen LogP contribution in [0, 0.1) is 5.92 Å². The van der Waals surface area contributed by atoms with Gasteiger partial charge in [0, 0.05) is 12.6 Å². The fourth-order valence-corrected chi connectivity index (χ4v) is 2.31. The largest absolute Gasteiger partial charge is 0.377 e. The van der Waals surface area contributed by atoms with Gasteiger partial charge in [-0.05, 0) is 38.1 Å². The predicted molar refractivity (Wildman–Crippen MR) is 65.1 cm³/mol. The summed E-state index contributed by atoms with van der Waals surface area (Å²) in [5.74, 6) is 0.805. The number of ether oxygens (including phenoxy) is 1. The van der Waals surface area contributed by atoms with Crippen LogP contribution in [0.5, 0.6) is 0 Å². The second-order valence-electron chi connectivity index (χ2n) is 4.82. The SMILES string of the molecule is CCNC(CC(C)CC)C1CCCCO1. The standard InChI is InChI=1S/C13H27NO/c1-4-11(3)10-12(14-5-2)13-8-6-7-9-15-13/h11-14H,4-10H2,1-3H3. The lowest BCUT2D eigenvalue weighted by Gasteiger charge is -2.32. The van der Waals surface area contributed by atoms with Crippen molar-refractivity contribution in [3.63, 3.8) is 0 Å². The molecule has 1 rings (SSSR count). The van der Waals surface area contributed by atoms with Gasteiger partial charge in [-0.1, -0.05) is 27.2 Å². The van der Waals surface area contributed by atoms with E-state index in [-0.39, 0.29) is 0 Å². The lowest BCUT2D eigenvalue weighted by Crippen LogP contribution is -2.43. The Balaban J connectivity index is 2.39. The van der Waals surface area contributed by atoms with Gasteiger partial charge in [-0.3, -0.25) is 0 Å². The first-order valence-electron chi connectivity index (χ1n) is 6.62. The molecule has 15 heavy (non-hydrogen) atoms. The monoisotopic (exact) mass is 213 g/mol. The van der Waals surface area contributed by atoms with E-state index in [1.807, 2.05) is 0 Å². The van der Waals surface area contributed by atoms with Crippen molar-refractivity contribution >= 4 is 0 Å². The molecule has 0 spiro atoms. The molecule has 0 aromatic heterocycles. The number of likely N-dealkylation sites (N-methyl/N-ethyl adjacent to an activating group) is 1. The summed E-state index contributed by atoms with van der Waals surface area (Å²) in [4.78, 5) is 0. The summed E-state index contributed by atoms with van der Waals surface area (Å²) in [6.07, 6.45) is 6.83. The minimum atomic E-state index is 0.465. The molecule has 3 unspecified atom stereocenters. The van der Waals surface area contributed by atoms with Crippen LogP contribution in [0.25, 0.3) is 0 Å². The van der Waals surface area contributed by atoms with E-state index in [2.05, 4.69) is 26.1 Å². The van der Waals surface area contributed by atoms with E-state index in [4.69, 9.17) is 4.74 Å². The van der Waals surface area contributed by atoms with Crippen LogP contribution in [-0.2, 0) is 4.74 Å². The Hall–Kier alpha value is -0.0800. The molecule has 1 fully saturated rings. The highest BCUT2D eigenvalue weighted by Gasteiger charge is 2.24. The molecule has 0 amide bonds. The van der Waals surface area contributed by atoms with Gasteiger partial charge in [-0.15, -0.1) is 0 Å². The molecular weight excluding hydrogens is 186 g/mol. The zero-order chi connectivity index (χ0) is 11.1. The molecule has 1 aliphatic rings. The number of hydrogen-bond donors (Lipinski definition) is 1. The lowest BCUT2D eigenvalue weighted by atomic mass is 9.92. The predicted octanol–water partition coefficient (Wildman–Crippen LogP) is 2.97. The smallest absolute Gasteiger partial charge is 0.0728 e. The van der Waals surface area contributed by atoms with Crippen molar-refractivity contribution < 1.29 is 4.74 Å². The quantitative estimate of drug-likeness (QED) is 0.732. The van der Waals surface area contributed by atoms with Crippen LogP contribution in [0.15, 0.2) is 0 Å². The Bertz CT molecular complexity index is 155. The molecular formula is C13H27NO. The summed E-state index contributed by atoms with van der Waals surface area (Å²) < 4.78 is 5.88. The van der Waals surface area contributed by atoms with Crippen molar-refractivity contribution in [1.29, 1.82) is 0 Å². The Morgan fingerprint density at radius 3 is 2.67 bits per heavy atom. The highest BCUT2D eigenvalue weighted by molar-refractivity contribution is 4.80. The topological polar surface area (TPSA) is 21.3 Å². The van der Waals surface area contributed by atoms with Gasteiger partial charge in [0.2, 0.25) is 0 Å². The van der Waals surface area contributed by atoms with E-state index in [0.717, 1.165) is 19.1 Å². The molecule has 1 saturated heterocycles. The summed E-state index contributed by atoms with van der Waals surface area (Å²) in [7, 11) is 0. The molecule has 0 aromatic rings. The molecule has 1 aliphatic heterocycles. The van der Waals surface area contributed by atoms with Crippen LogP contribution in [0.2, 0.25) is 0 Å². The van der Waals surface area contributed by atoms with Crippen molar-refractivity contribution in [2.24, 2.45) is 5.92 Å². The van der Waals surface area contributed by atoms with Gasteiger partial charge in [0.25, 0.3) is 0 Å². The first-order valence-corrected chi connectivity index (χ1v) is 6.62. The van der Waals surface area contributed by atoms with E-state index in [1.165, 1.54) is 32.1 Å². The van der Waals surface area contributed by atoms with Gasteiger partial charge in [-0.2, -0.15) is 0 Å². The molecule has 0 aromatic carbocycles. The summed E-state index contributed by atoms with van der Waals surface area (Å²) >= 11 is 0. The van der Waals surface area contributed by atoms with E-state index in [0.29, 0.717) is 12.1 Å². The number of nitrogens with one attached hydrogen (secondary N) is 1. The minimum absolute atomic E-state index is 0.465. The highest BCUT2D eigenvalue weighted by Crippen LogP contribution is 2.21. The normalized spacial score (nSPS) is 26.2. The van der Waals surface area contributed by atoms with Gasteiger partial charge in [0.05, 0.1) is 6.10 Å². The zero-order valence-corrected chi connectivity index (χ0v) is 10.6. The van der Waals surface area contributed by atoms with Gasteiger partial charge < -0.3 is 10.1 Å². The third-order valence-corrected chi connectivity index (χ3v) is 3.48. The molecule has 2 heteroatoms. The summed E-state index contributed by atoms with van der Waals surface area (Å²) in [5.41, 5.74) is 0. The Labute approximate surface area is 94.8 Å². The van der Waals surface area contributed by atoms with Gasteiger partial charge in [-0.25, -0.2) is 0 Å². The average molecular weight is 213 g/mol. The minimum Gasteiger partial charge on any atom is -0.377 e. The second kappa shape index (κ2) is 7.24. The molecule has 0 aliphatic carbocycles. The van der Waals surface area contributed by atoms with E-state index in [9.17, 15) is 0 Å². The third-order valence-electron chi connectivity index (χ3n) is 3.48. The van der Waals surface area contributed by atoms with Crippen LogP contribution >= 0.6 is 0 Å². The molecule has 1 heterocycles. The van der Waals surface area contributed by atoms with Gasteiger partial charge >= 0.3 is 0 Å². The Morgan fingerprint density at radius 1 is 1.33 bits per heavy atom. The van der Waals surface area contributed by atoms with E-state index >= 15 is 0 Å². The van der Waals surface area contributed by atoms with Crippen LogP contribution in [0.1, 0.15) is 52.9 Å². The van der Waals surface area contributed by atoms with Crippen molar-refractivity contribution in [2.45, 2.75) is 65.0 Å². The fourth-order valence-electron chi connectivity index (χ4n) is 2.31. The fraction of sp³-hybridized carbons (Fsp3) is 1.00. The van der Waals surface area contributed by atoms with Crippen molar-refractivity contribution in [3.8, 4) is 0 Å². The van der Waals surface area contributed by atoms with Crippen molar-refractivity contribution in [3.05, 3.63) is 0 Å². The molecule has 3 atom stereocenters. The summed E-state index contributed by atoms with van der Waals surface area (Å²) in [5, 5.41) is 3.59. The molecule has 2 nitrogen and oxygen atoms in total. The van der Waals surface area contributed by atoms with Crippen molar-refractivity contribution in [2.75, 3.05) is 13.2 Å². The average Bonchev–Trinajstić information content (AvgIpc) is 2.29. The third kappa shape index (κ3) is 4.52. The molecule has 1 N–H and O–H groups in total. The molecule has 0 bridgehead atoms. The summed E-state index contributed by atoms with van der Waals surface area (Å²) in [6.45, 7) is 8.82. The van der Waals surface area contributed by atoms with Crippen LogP contribution in [0.3, 0.4) is 0 Å². The molecule has 90 valence electrons. The van der Waals surface area contributed by atoms with Crippen molar-refractivity contribution in [1.82, 2.24) is 5.32 Å². The van der Waals surface area contributed by atoms with Crippen LogP contribution in [0.4, 0.5) is 0 Å². The molecule has 0 radical (unpaired) electrons. The first-order chi connectivity index (χ1) is 7.27. The summed E-state index contributed by atoms with van der Waals surface area (Å²) in [6, 6.07) is 0.574. The maximum absolute atomic E-state index is 5.88. The van der Waals surface area contributed by atoms with E-state index < -0.39 is 0 Å². The van der Waals surface area contributed by atoms with Crippen LogP contribution < -0.4 is 5.32 Å². The van der Waals surface area contributed by atoms with Gasteiger partial charge in [0.1, 0.15) is 0 Å². The highest BCUT2D eigenvalue weighted by atomic mass is 16.5. The Kier molecular flexibility index (Phi) is 6.26.